The third-order valence-corrected chi connectivity index (χ3v) is 5.92. The van der Waals surface area contributed by atoms with Crippen molar-refractivity contribution in [3.8, 4) is 0 Å². The van der Waals surface area contributed by atoms with Gasteiger partial charge in [0.25, 0.3) is 0 Å². The zero-order chi connectivity index (χ0) is 23.6. The first-order chi connectivity index (χ1) is 15.1. The molecular weight excluding hydrogens is 451 g/mol. The zero-order valence-corrected chi connectivity index (χ0v) is 17.9. The predicted molar refractivity (Wildman–Crippen MR) is 111 cm³/mol. The van der Waals surface area contributed by atoms with Crippen LogP contribution in [-0.4, -0.2) is 58.0 Å². The van der Waals surface area contributed by atoms with Crippen LogP contribution in [0.2, 0.25) is 5.02 Å². The lowest BCUT2D eigenvalue weighted by Crippen LogP contribution is -2.62. The summed E-state index contributed by atoms with van der Waals surface area (Å²) in [6, 6.07) is 7.67. The fourth-order valence-electron chi connectivity index (χ4n) is 3.85. The minimum Gasteiger partial charge on any atom is -0.395 e. The molecule has 1 aliphatic heterocycles. The van der Waals surface area contributed by atoms with E-state index in [2.05, 4.69) is 5.32 Å². The summed E-state index contributed by atoms with van der Waals surface area (Å²) in [6.07, 6.45) is -9.47. The van der Waals surface area contributed by atoms with Crippen LogP contribution in [0.15, 0.2) is 42.5 Å². The number of hydrogen-bond acceptors (Lipinski definition) is 6. The van der Waals surface area contributed by atoms with Crippen molar-refractivity contribution in [1.29, 1.82) is 0 Å². The van der Waals surface area contributed by atoms with Gasteiger partial charge in [0, 0.05) is 17.2 Å². The molecule has 32 heavy (non-hydrogen) atoms. The van der Waals surface area contributed by atoms with E-state index in [-0.39, 0.29) is 6.61 Å². The molecule has 2 aromatic carbocycles. The van der Waals surface area contributed by atoms with Crippen LogP contribution in [0.5, 0.6) is 0 Å². The number of rotatable bonds is 6. The van der Waals surface area contributed by atoms with Gasteiger partial charge >= 0.3 is 6.18 Å². The highest BCUT2D eigenvalue weighted by Gasteiger charge is 2.42. The van der Waals surface area contributed by atoms with Gasteiger partial charge in [0.15, 0.2) is 0 Å². The van der Waals surface area contributed by atoms with Crippen LogP contribution in [0.4, 0.5) is 13.2 Å². The van der Waals surface area contributed by atoms with Gasteiger partial charge < -0.3 is 30.5 Å². The van der Waals surface area contributed by atoms with E-state index in [1.54, 1.807) is 25.1 Å². The predicted octanol–water partition coefficient (Wildman–Crippen LogP) is 2.57. The molecule has 2 aromatic rings. The monoisotopic (exact) mass is 475 g/mol. The molecule has 176 valence electrons. The zero-order valence-electron chi connectivity index (χ0n) is 17.1. The first-order valence-corrected chi connectivity index (χ1v) is 10.5. The molecule has 10 heteroatoms. The summed E-state index contributed by atoms with van der Waals surface area (Å²) in [5, 5.41) is 43.3. The largest absolute Gasteiger partial charge is 0.416 e. The third-order valence-electron chi connectivity index (χ3n) is 5.58. The molecule has 1 saturated heterocycles. The minimum atomic E-state index is -4.46. The van der Waals surface area contributed by atoms with Crippen molar-refractivity contribution in [2.75, 3.05) is 13.2 Å². The summed E-state index contributed by atoms with van der Waals surface area (Å²) < 4.78 is 44.6. The summed E-state index contributed by atoms with van der Waals surface area (Å²) in [5.74, 6) is 0. The summed E-state index contributed by atoms with van der Waals surface area (Å²) in [7, 11) is 0. The average Bonchev–Trinajstić information content (AvgIpc) is 2.76. The van der Waals surface area contributed by atoms with Gasteiger partial charge in [0.2, 0.25) is 0 Å². The Bertz CT molecular complexity index is 909. The number of piperidine rings is 1. The maximum Gasteiger partial charge on any atom is 0.416 e. The molecule has 1 unspecified atom stereocenters. The molecule has 5 N–H and O–H groups in total. The number of halogens is 4. The molecular formula is C22H25ClF3NO5. The molecule has 1 aliphatic rings. The molecule has 0 bridgehead atoms. The summed E-state index contributed by atoms with van der Waals surface area (Å²) in [4.78, 5) is 0. The number of benzene rings is 2. The van der Waals surface area contributed by atoms with Gasteiger partial charge in [-0.3, -0.25) is 0 Å². The summed E-state index contributed by atoms with van der Waals surface area (Å²) in [6.45, 7) is 1.54. The number of ether oxygens (including phenoxy) is 1. The second-order valence-electron chi connectivity index (χ2n) is 7.64. The topological polar surface area (TPSA) is 102 Å². The van der Waals surface area contributed by atoms with Crippen molar-refractivity contribution < 1.29 is 38.3 Å². The summed E-state index contributed by atoms with van der Waals surface area (Å²) >= 11 is 6.39. The van der Waals surface area contributed by atoms with Gasteiger partial charge in [-0.1, -0.05) is 29.8 Å². The molecule has 0 saturated carbocycles. The Hall–Kier alpha value is -1.72. The van der Waals surface area contributed by atoms with E-state index in [4.69, 9.17) is 16.3 Å². The molecule has 1 fully saturated rings. The van der Waals surface area contributed by atoms with Crippen LogP contribution >= 0.6 is 11.6 Å². The highest BCUT2D eigenvalue weighted by Crippen LogP contribution is 2.37. The van der Waals surface area contributed by atoms with Crippen molar-refractivity contribution in [2.24, 2.45) is 0 Å². The quantitative estimate of drug-likeness (QED) is 0.440. The number of nitrogens with one attached hydrogen (secondary N) is 1. The van der Waals surface area contributed by atoms with Gasteiger partial charge in [0.1, 0.15) is 18.3 Å². The normalized spacial score (nSPS) is 27.3. The highest BCUT2D eigenvalue weighted by molar-refractivity contribution is 6.31. The second-order valence-corrected chi connectivity index (χ2v) is 8.05. The van der Waals surface area contributed by atoms with E-state index in [1.165, 1.54) is 12.1 Å². The standard InChI is InChI=1S/C22H25ClF3NO5/c1-2-32-21(11-3-6-13(7-4-11)22(24,25)26)14-9-12(5-8-15(14)23)17-19(30)20(31)18(29)16(10-28)27-17/h3-9,16-21,27-31H,2,10H2,1H3/t16-,17+,18-,19+,20+,21?/m1/s1. The van der Waals surface area contributed by atoms with Crippen LogP contribution in [0.25, 0.3) is 0 Å². The van der Waals surface area contributed by atoms with Crippen LogP contribution in [0.3, 0.4) is 0 Å². The Morgan fingerprint density at radius 2 is 1.69 bits per heavy atom. The Labute approximate surface area is 188 Å². The van der Waals surface area contributed by atoms with Crippen molar-refractivity contribution in [3.63, 3.8) is 0 Å². The van der Waals surface area contributed by atoms with Crippen molar-refractivity contribution in [2.45, 2.75) is 49.6 Å². The molecule has 6 nitrogen and oxygen atoms in total. The lowest BCUT2D eigenvalue weighted by molar-refractivity contribution is -0.137. The molecule has 0 spiro atoms. The Morgan fingerprint density at radius 3 is 2.25 bits per heavy atom. The van der Waals surface area contributed by atoms with Crippen molar-refractivity contribution in [1.82, 2.24) is 5.32 Å². The average molecular weight is 476 g/mol. The second kappa shape index (κ2) is 10.0. The molecule has 0 aliphatic carbocycles. The fourth-order valence-corrected chi connectivity index (χ4v) is 4.07. The lowest BCUT2D eigenvalue weighted by Gasteiger charge is -2.41. The van der Waals surface area contributed by atoms with Crippen LogP contribution < -0.4 is 5.32 Å². The SMILES string of the molecule is CCOC(c1ccc(C(F)(F)F)cc1)c1cc([C@@H]2N[C@H](CO)[C@@H](O)[C@H](O)[C@H]2O)ccc1Cl. The van der Waals surface area contributed by atoms with Crippen LogP contribution in [-0.2, 0) is 10.9 Å². The Balaban J connectivity index is 1.98. The number of aliphatic hydroxyl groups excluding tert-OH is 4. The first kappa shape index (κ1) is 24.9. The van der Waals surface area contributed by atoms with E-state index >= 15 is 0 Å². The third kappa shape index (κ3) is 5.09. The molecule has 3 rings (SSSR count). The van der Waals surface area contributed by atoms with Gasteiger partial charge in [-0.05, 0) is 42.3 Å². The first-order valence-electron chi connectivity index (χ1n) is 10.1. The van der Waals surface area contributed by atoms with E-state index in [0.717, 1.165) is 12.1 Å². The van der Waals surface area contributed by atoms with E-state index in [1.807, 2.05) is 0 Å². The van der Waals surface area contributed by atoms with E-state index in [9.17, 15) is 33.6 Å². The van der Waals surface area contributed by atoms with Gasteiger partial charge in [-0.15, -0.1) is 0 Å². The number of aliphatic hydroxyl groups is 4. The van der Waals surface area contributed by atoms with Gasteiger partial charge in [0.05, 0.1) is 30.4 Å². The number of hydrogen-bond donors (Lipinski definition) is 5. The Morgan fingerprint density at radius 1 is 1.03 bits per heavy atom. The summed E-state index contributed by atoms with van der Waals surface area (Å²) in [5.41, 5.74) is 0.632. The maximum atomic E-state index is 12.9. The van der Waals surface area contributed by atoms with Crippen molar-refractivity contribution in [3.05, 3.63) is 69.7 Å². The minimum absolute atomic E-state index is 0.258. The van der Waals surface area contributed by atoms with Crippen LogP contribution in [0, 0.1) is 0 Å². The highest BCUT2D eigenvalue weighted by atomic mass is 35.5. The molecule has 1 heterocycles. The maximum absolute atomic E-state index is 12.9. The fraction of sp³-hybridized carbons (Fsp3) is 0.455. The lowest BCUT2D eigenvalue weighted by atomic mass is 9.86. The van der Waals surface area contributed by atoms with Crippen LogP contribution in [0.1, 0.15) is 41.3 Å². The molecule has 0 amide bonds. The Kier molecular flexibility index (Phi) is 7.82. The molecule has 6 atom stereocenters. The molecule has 0 aromatic heterocycles. The van der Waals surface area contributed by atoms with Gasteiger partial charge in [-0.2, -0.15) is 13.2 Å². The smallest absolute Gasteiger partial charge is 0.395 e. The van der Waals surface area contributed by atoms with E-state index in [0.29, 0.717) is 21.7 Å². The molecule has 0 radical (unpaired) electrons. The van der Waals surface area contributed by atoms with Gasteiger partial charge in [-0.25, -0.2) is 0 Å². The van der Waals surface area contributed by atoms with Crippen molar-refractivity contribution >= 4 is 11.6 Å². The number of alkyl halides is 3. The van der Waals surface area contributed by atoms with E-state index < -0.39 is 54.8 Å².